The molecule has 0 heterocycles. The summed E-state index contributed by atoms with van der Waals surface area (Å²) in [7, 11) is 2.87. The Morgan fingerprint density at radius 3 is 2.42 bits per heavy atom. The van der Waals surface area contributed by atoms with Crippen LogP contribution in [0.2, 0.25) is 5.02 Å². The van der Waals surface area contributed by atoms with Gasteiger partial charge in [0.05, 0.1) is 37.2 Å². The molecule has 0 spiro atoms. The van der Waals surface area contributed by atoms with E-state index in [0.717, 1.165) is 12.1 Å². The number of hydrogen-bond acceptors (Lipinski definition) is 4. The Hall–Kier alpha value is -2.54. The lowest BCUT2D eigenvalue weighted by Gasteiger charge is -2.14. The molecule has 0 aromatic heterocycles. The van der Waals surface area contributed by atoms with Crippen molar-refractivity contribution in [3.8, 4) is 11.5 Å². The Labute approximate surface area is 142 Å². The zero-order chi connectivity index (χ0) is 17.7. The number of halogens is 3. The van der Waals surface area contributed by atoms with Crippen molar-refractivity contribution in [2.24, 2.45) is 0 Å². The van der Waals surface area contributed by atoms with Crippen molar-refractivity contribution < 1.29 is 23.0 Å². The number of carbonyl (C=O) groups excluding carboxylic acids is 1. The second-order valence-electron chi connectivity index (χ2n) is 4.71. The van der Waals surface area contributed by atoms with E-state index in [1.54, 1.807) is 0 Å². The van der Waals surface area contributed by atoms with E-state index >= 15 is 0 Å². The van der Waals surface area contributed by atoms with Crippen LogP contribution in [0.4, 0.5) is 20.2 Å². The number of rotatable bonds is 6. The lowest BCUT2D eigenvalue weighted by molar-refractivity contribution is -0.114. The van der Waals surface area contributed by atoms with E-state index in [0.29, 0.717) is 22.2 Å². The van der Waals surface area contributed by atoms with Gasteiger partial charge in [-0.3, -0.25) is 4.79 Å². The van der Waals surface area contributed by atoms with Crippen molar-refractivity contribution in [2.45, 2.75) is 0 Å². The van der Waals surface area contributed by atoms with Gasteiger partial charge in [0.25, 0.3) is 0 Å². The van der Waals surface area contributed by atoms with E-state index in [1.807, 2.05) is 0 Å². The molecule has 0 aliphatic carbocycles. The van der Waals surface area contributed by atoms with Gasteiger partial charge in [-0.05, 0) is 12.1 Å². The van der Waals surface area contributed by atoms with Crippen LogP contribution in [0.25, 0.3) is 0 Å². The summed E-state index contributed by atoms with van der Waals surface area (Å²) < 4.78 is 36.6. The van der Waals surface area contributed by atoms with Crippen LogP contribution in [0.1, 0.15) is 0 Å². The normalized spacial score (nSPS) is 10.2. The summed E-state index contributed by atoms with van der Waals surface area (Å²) >= 11 is 5.99. The minimum atomic E-state index is -0.784. The fraction of sp³-hybridized carbons (Fsp3) is 0.188. The van der Waals surface area contributed by atoms with Crippen molar-refractivity contribution in [2.75, 3.05) is 31.4 Å². The third-order valence-corrected chi connectivity index (χ3v) is 3.41. The van der Waals surface area contributed by atoms with Crippen LogP contribution in [0, 0.1) is 11.6 Å². The Kier molecular flexibility index (Phi) is 5.81. The Balaban J connectivity index is 2.06. The highest BCUT2D eigenvalue weighted by molar-refractivity contribution is 6.32. The SMILES string of the molecule is COc1cc(NC(=O)CNc2ccc(F)cc2F)c(OC)cc1Cl. The monoisotopic (exact) mass is 356 g/mol. The van der Waals surface area contributed by atoms with Gasteiger partial charge in [-0.15, -0.1) is 0 Å². The van der Waals surface area contributed by atoms with E-state index in [9.17, 15) is 13.6 Å². The van der Waals surface area contributed by atoms with Crippen molar-refractivity contribution in [1.29, 1.82) is 0 Å². The molecule has 0 atom stereocenters. The maximum Gasteiger partial charge on any atom is 0.243 e. The summed E-state index contributed by atoms with van der Waals surface area (Å²) in [5, 5.41) is 5.52. The zero-order valence-electron chi connectivity index (χ0n) is 13.0. The molecular weight excluding hydrogens is 342 g/mol. The van der Waals surface area contributed by atoms with Crippen LogP contribution < -0.4 is 20.1 Å². The molecule has 0 bridgehead atoms. The molecule has 2 rings (SSSR count). The summed E-state index contributed by atoms with van der Waals surface area (Å²) in [6.45, 7) is -0.226. The topological polar surface area (TPSA) is 59.6 Å². The Morgan fingerprint density at radius 1 is 1.08 bits per heavy atom. The molecule has 5 nitrogen and oxygen atoms in total. The Bertz CT molecular complexity index is 756. The number of carbonyl (C=O) groups is 1. The molecule has 0 saturated heterocycles. The second kappa shape index (κ2) is 7.83. The van der Waals surface area contributed by atoms with Crippen LogP contribution in [-0.2, 0) is 4.79 Å². The molecule has 0 unspecified atom stereocenters. The number of hydrogen-bond donors (Lipinski definition) is 2. The quantitative estimate of drug-likeness (QED) is 0.828. The molecule has 0 radical (unpaired) electrons. The number of nitrogens with one attached hydrogen (secondary N) is 2. The molecule has 0 fully saturated rings. The molecule has 2 N–H and O–H groups in total. The molecule has 8 heteroatoms. The largest absolute Gasteiger partial charge is 0.495 e. The Morgan fingerprint density at radius 2 is 1.79 bits per heavy atom. The van der Waals surface area contributed by atoms with Crippen LogP contribution in [0.5, 0.6) is 11.5 Å². The first-order valence-corrected chi connectivity index (χ1v) is 7.22. The fourth-order valence-electron chi connectivity index (χ4n) is 1.96. The van der Waals surface area contributed by atoms with Gasteiger partial charge in [0.15, 0.2) is 0 Å². The summed E-state index contributed by atoms with van der Waals surface area (Å²) in [5.74, 6) is -1.22. The summed E-state index contributed by atoms with van der Waals surface area (Å²) in [6, 6.07) is 6.05. The highest BCUT2D eigenvalue weighted by Crippen LogP contribution is 2.35. The van der Waals surface area contributed by atoms with Gasteiger partial charge < -0.3 is 20.1 Å². The van der Waals surface area contributed by atoms with E-state index in [-0.39, 0.29) is 12.2 Å². The highest BCUT2D eigenvalue weighted by atomic mass is 35.5. The van der Waals surface area contributed by atoms with Crippen LogP contribution in [0.15, 0.2) is 30.3 Å². The maximum absolute atomic E-state index is 13.5. The zero-order valence-corrected chi connectivity index (χ0v) is 13.7. The van der Waals surface area contributed by atoms with Crippen LogP contribution in [-0.4, -0.2) is 26.7 Å². The van der Waals surface area contributed by atoms with Gasteiger partial charge in [0.2, 0.25) is 5.91 Å². The summed E-state index contributed by atoms with van der Waals surface area (Å²) in [4.78, 5) is 12.0. The van der Waals surface area contributed by atoms with E-state index in [1.165, 1.54) is 32.4 Å². The van der Waals surface area contributed by atoms with E-state index in [2.05, 4.69) is 10.6 Å². The predicted octanol–water partition coefficient (Wildman–Crippen LogP) is 3.69. The van der Waals surface area contributed by atoms with Gasteiger partial charge in [-0.25, -0.2) is 8.78 Å². The first-order valence-electron chi connectivity index (χ1n) is 6.85. The molecule has 2 aromatic rings. The molecule has 0 saturated carbocycles. The van der Waals surface area contributed by atoms with Crippen molar-refractivity contribution >= 4 is 28.9 Å². The maximum atomic E-state index is 13.5. The number of benzene rings is 2. The third kappa shape index (κ3) is 4.26. The van der Waals surface area contributed by atoms with Gasteiger partial charge in [0.1, 0.15) is 23.1 Å². The van der Waals surface area contributed by atoms with E-state index in [4.69, 9.17) is 21.1 Å². The minimum Gasteiger partial charge on any atom is -0.495 e. The van der Waals surface area contributed by atoms with Gasteiger partial charge >= 0.3 is 0 Å². The fourth-order valence-corrected chi connectivity index (χ4v) is 2.19. The molecular formula is C16H15ClF2N2O3. The number of ether oxygens (including phenoxy) is 2. The molecule has 128 valence electrons. The van der Waals surface area contributed by atoms with Crippen molar-refractivity contribution in [3.63, 3.8) is 0 Å². The average Bonchev–Trinajstić information content (AvgIpc) is 2.55. The lowest BCUT2D eigenvalue weighted by atomic mass is 10.2. The molecule has 1 amide bonds. The molecule has 24 heavy (non-hydrogen) atoms. The molecule has 2 aromatic carbocycles. The second-order valence-corrected chi connectivity index (χ2v) is 5.12. The standard InChI is InChI=1S/C16H15ClF2N2O3/c1-23-14-7-13(15(24-2)6-10(14)17)21-16(22)8-20-12-4-3-9(18)5-11(12)19/h3-7,20H,8H2,1-2H3,(H,21,22). The van der Waals surface area contributed by atoms with Gasteiger partial charge in [-0.2, -0.15) is 0 Å². The highest BCUT2D eigenvalue weighted by Gasteiger charge is 2.13. The summed E-state index contributed by atoms with van der Waals surface area (Å²) in [6.07, 6.45) is 0. The molecule has 0 aliphatic heterocycles. The smallest absolute Gasteiger partial charge is 0.243 e. The lowest BCUT2D eigenvalue weighted by Crippen LogP contribution is -2.22. The van der Waals surface area contributed by atoms with Crippen molar-refractivity contribution in [1.82, 2.24) is 0 Å². The van der Waals surface area contributed by atoms with Crippen LogP contribution >= 0.6 is 11.6 Å². The minimum absolute atomic E-state index is 0.0206. The van der Waals surface area contributed by atoms with Crippen LogP contribution in [0.3, 0.4) is 0 Å². The third-order valence-electron chi connectivity index (χ3n) is 3.12. The molecule has 0 aliphatic rings. The number of amides is 1. The average molecular weight is 357 g/mol. The van der Waals surface area contributed by atoms with E-state index < -0.39 is 17.5 Å². The number of methoxy groups -OCH3 is 2. The first-order chi connectivity index (χ1) is 11.4. The first kappa shape index (κ1) is 17.8. The van der Waals surface area contributed by atoms with Gasteiger partial charge in [-0.1, -0.05) is 11.6 Å². The summed E-state index contributed by atoms with van der Waals surface area (Å²) in [5.41, 5.74) is 0.373. The van der Waals surface area contributed by atoms with Gasteiger partial charge in [0, 0.05) is 18.2 Å². The predicted molar refractivity (Wildman–Crippen MR) is 88.0 cm³/mol. The number of anilines is 2. The van der Waals surface area contributed by atoms with Crippen molar-refractivity contribution in [3.05, 3.63) is 47.0 Å².